The number of aliphatic carboxylic acids is 1. The molecule has 1 amide bonds. The quantitative estimate of drug-likeness (QED) is 0.663. The van der Waals surface area contributed by atoms with Crippen molar-refractivity contribution in [3.05, 3.63) is 0 Å². The Kier molecular flexibility index (Phi) is 3.38. The fraction of sp³-hybridized carbons (Fsp3) is 0.833. The average molecular weight is 240 g/mol. The molecule has 1 unspecified atom stereocenters. The van der Waals surface area contributed by atoms with Crippen LogP contribution in [0.15, 0.2) is 0 Å². The minimum absolute atomic E-state index is 0.0822. The minimum atomic E-state index is -1.07. The van der Waals surface area contributed by atoms with E-state index in [0.29, 0.717) is 6.54 Å². The molecule has 0 aromatic carbocycles. The summed E-state index contributed by atoms with van der Waals surface area (Å²) in [4.78, 5) is 23.3. The van der Waals surface area contributed by atoms with Crippen LogP contribution in [0.1, 0.15) is 32.6 Å². The third-order valence-corrected chi connectivity index (χ3v) is 3.89. The largest absolute Gasteiger partial charge is 0.480 e. The monoisotopic (exact) mass is 240 g/mol. The first-order valence-corrected chi connectivity index (χ1v) is 6.30. The van der Waals surface area contributed by atoms with Crippen molar-refractivity contribution in [2.75, 3.05) is 13.1 Å². The average Bonchev–Trinajstić information content (AvgIpc) is 3.13. The summed E-state index contributed by atoms with van der Waals surface area (Å²) in [6.07, 6.45) is 3.61. The van der Waals surface area contributed by atoms with Gasteiger partial charge in [0.1, 0.15) is 5.54 Å². The molecule has 1 aliphatic heterocycles. The van der Waals surface area contributed by atoms with Gasteiger partial charge in [0.2, 0.25) is 5.91 Å². The molecular weight excluding hydrogens is 220 g/mol. The van der Waals surface area contributed by atoms with Gasteiger partial charge in [0.05, 0.1) is 5.92 Å². The van der Waals surface area contributed by atoms with E-state index in [1.807, 2.05) is 0 Å². The van der Waals surface area contributed by atoms with Crippen LogP contribution >= 0.6 is 0 Å². The first-order chi connectivity index (χ1) is 8.04. The summed E-state index contributed by atoms with van der Waals surface area (Å²) >= 11 is 0. The van der Waals surface area contributed by atoms with E-state index in [4.69, 9.17) is 0 Å². The number of rotatable bonds is 4. The van der Waals surface area contributed by atoms with E-state index in [1.54, 1.807) is 6.92 Å². The molecule has 3 N–H and O–H groups in total. The lowest BCUT2D eigenvalue weighted by molar-refractivity contribution is -0.148. The topological polar surface area (TPSA) is 78.4 Å². The van der Waals surface area contributed by atoms with Crippen LogP contribution < -0.4 is 10.6 Å². The third kappa shape index (κ3) is 2.60. The van der Waals surface area contributed by atoms with E-state index in [2.05, 4.69) is 10.6 Å². The predicted molar refractivity (Wildman–Crippen MR) is 62.5 cm³/mol. The maximum Gasteiger partial charge on any atom is 0.329 e. The van der Waals surface area contributed by atoms with Gasteiger partial charge in [-0.3, -0.25) is 4.79 Å². The molecule has 2 aliphatic rings. The molecule has 2 rings (SSSR count). The Bertz CT molecular complexity index is 322. The summed E-state index contributed by atoms with van der Waals surface area (Å²) in [6.45, 7) is 3.23. The van der Waals surface area contributed by atoms with Crippen LogP contribution in [-0.2, 0) is 9.59 Å². The molecule has 5 nitrogen and oxygen atoms in total. The fourth-order valence-corrected chi connectivity index (χ4v) is 2.42. The molecule has 1 saturated heterocycles. The van der Waals surface area contributed by atoms with Crippen molar-refractivity contribution in [2.45, 2.75) is 38.1 Å². The molecule has 0 spiro atoms. The van der Waals surface area contributed by atoms with E-state index in [0.717, 1.165) is 32.2 Å². The maximum atomic E-state index is 12.0. The van der Waals surface area contributed by atoms with Crippen molar-refractivity contribution >= 4 is 11.9 Å². The smallest absolute Gasteiger partial charge is 0.329 e. The molecule has 17 heavy (non-hydrogen) atoms. The minimum Gasteiger partial charge on any atom is -0.480 e. The summed E-state index contributed by atoms with van der Waals surface area (Å²) in [5, 5.41) is 15.2. The SMILES string of the molecule is CC(NC(=O)[C@@H]1CCCNC1)(C(=O)O)C1CC1. The van der Waals surface area contributed by atoms with E-state index < -0.39 is 11.5 Å². The normalized spacial score (nSPS) is 28.2. The van der Waals surface area contributed by atoms with Crippen molar-refractivity contribution in [2.24, 2.45) is 11.8 Å². The van der Waals surface area contributed by atoms with Gasteiger partial charge in [0, 0.05) is 6.54 Å². The van der Waals surface area contributed by atoms with Crippen LogP contribution in [0.2, 0.25) is 0 Å². The number of piperidine rings is 1. The lowest BCUT2D eigenvalue weighted by atomic mass is 9.92. The highest BCUT2D eigenvalue weighted by Crippen LogP contribution is 2.39. The van der Waals surface area contributed by atoms with Gasteiger partial charge in [-0.2, -0.15) is 0 Å². The number of carbonyl (C=O) groups is 2. The summed E-state index contributed by atoms with van der Waals surface area (Å²) in [5.74, 6) is -1.02. The van der Waals surface area contributed by atoms with Gasteiger partial charge in [0.25, 0.3) is 0 Å². The van der Waals surface area contributed by atoms with E-state index in [-0.39, 0.29) is 17.7 Å². The van der Waals surface area contributed by atoms with E-state index in [9.17, 15) is 14.7 Å². The number of hydrogen-bond donors (Lipinski definition) is 3. The van der Waals surface area contributed by atoms with Crippen LogP contribution in [0.25, 0.3) is 0 Å². The Morgan fingerprint density at radius 2 is 2.06 bits per heavy atom. The Morgan fingerprint density at radius 3 is 2.53 bits per heavy atom. The van der Waals surface area contributed by atoms with Gasteiger partial charge in [-0.1, -0.05) is 0 Å². The zero-order valence-electron chi connectivity index (χ0n) is 10.2. The number of hydrogen-bond acceptors (Lipinski definition) is 3. The highest BCUT2D eigenvalue weighted by molar-refractivity contribution is 5.88. The summed E-state index contributed by atoms with van der Waals surface area (Å²) in [7, 11) is 0. The number of carbonyl (C=O) groups excluding carboxylic acids is 1. The third-order valence-electron chi connectivity index (χ3n) is 3.89. The molecule has 5 heteroatoms. The zero-order valence-corrected chi connectivity index (χ0v) is 10.2. The molecule has 0 aromatic rings. The lowest BCUT2D eigenvalue weighted by Crippen LogP contribution is -2.56. The number of carboxylic acids is 1. The molecule has 2 atom stereocenters. The van der Waals surface area contributed by atoms with Gasteiger partial charge in [-0.05, 0) is 45.1 Å². The van der Waals surface area contributed by atoms with Gasteiger partial charge < -0.3 is 15.7 Å². The molecule has 1 saturated carbocycles. The molecular formula is C12H20N2O3. The van der Waals surface area contributed by atoms with Gasteiger partial charge in [-0.15, -0.1) is 0 Å². The van der Waals surface area contributed by atoms with Gasteiger partial charge in [-0.25, -0.2) is 4.79 Å². The highest BCUT2D eigenvalue weighted by Gasteiger charge is 2.49. The Labute approximate surface area is 101 Å². The number of carboxylic acid groups (broad SMARTS) is 1. The van der Waals surface area contributed by atoms with E-state index in [1.165, 1.54) is 0 Å². The standard InChI is InChI=1S/C12H20N2O3/c1-12(11(16)17,9-4-5-9)14-10(15)8-3-2-6-13-7-8/h8-9,13H,2-7H2,1H3,(H,14,15)(H,16,17)/t8-,12?/m1/s1. The first-order valence-electron chi connectivity index (χ1n) is 6.30. The van der Waals surface area contributed by atoms with Crippen LogP contribution in [0, 0.1) is 11.8 Å². The molecule has 2 fully saturated rings. The van der Waals surface area contributed by atoms with Crippen LogP contribution in [0.5, 0.6) is 0 Å². The summed E-state index contributed by atoms with van der Waals surface area (Å²) in [5.41, 5.74) is -1.07. The molecule has 96 valence electrons. The van der Waals surface area contributed by atoms with Gasteiger partial charge >= 0.3 is 5.97 Å². The van der Waals surface area contributed by atoms with E-state index >= 15 is 0 Å². The Hall–Kier alpha value is -1.10. The Morgan fingerprint density at radius 1 is 1.35 bits per heavy atom. The first kappa shape index (κ1) is 12.4. The van der Waals surface area contributed by atoms with Crippen LogP contribution in [-0.4, -0.2) is 35.6 Å². The second-order valence-electron chi connectivity index (χ2n) is 5.31. The lowest BCUT2D eigenvalue weighted by Gasteiger charge is -2.30. The van der Waals surface area contributed by atoms with Crippen molar-refractivity contribution in [1.29, 1.82) is 0 Å². The predicted octanol–water partition coefficient (Wildman–Crippen LogP) is 0.356. The zero-order chi connectivity index (χ0) is 12.5. The van der Waals surface area contributed by atoms with Crippen molar-refractivity contribution < 1.29 is 14.7 Å². The fourth-order valence-electron chi connectivity index (χ4n) is 2.42. The maximum absolute atomic E-state index is 12.0. The van der Waals surface area contributed by atoms with Crippen LogP contribution in [0.3, 0.4) is 0 Å². The molecule has 0 aromatic heterocycles. The van der Waals surface area contributed by atoms with Gasteiger partial charge in [0.15, 0.2) is 0 Å². The van der Waals surface area contributed by atoms with Crippen molar-refractivity contribution in [3.63, 3.8) is 0 Å². The highest BCUT2D eigenvalue weighted by atomic mass is 16.4. The van der Waals surface area contributed by atoms with Crippen molar-refractivity contribution in [1.82, 2.24) is 10.6 Å². The summed E-state index contributed by atoms with van der Waals surface area (Å²) < 4.78 is 0. The summed E-state index contributed by atoms with van der Waals surface area (Å²) in [6, 6.07) is 0. The number of amides is 1. The molecule has 1 heterocycles. The van der Waals surface area contributed by atoms with Crippen LogP contribution in [0.4, 0.5) is 0 Å². The Balaban J connectivity index is 1.97. The molecule has 1 aliphatic carbocycles. The second kappa shape index (κ2) is 4.64. The number of nitrogens with one attached hydrogen (secondary N) is 2. The van der Waals surface area contributed by atoms with Crippen molar-refractivity contribution in [3.8, 4) is 0 Å². The second-order valence-corrected chi connectivity index (χ2v) is 5.31. The molecule has 0 radical (unpaired) electrons. The molecule has 0 bridgehead atoms.